The van der Waals surface area contributed by atoms with Gasteiger partial charge in [0, 0.05) is 3.92 Å². The normalized spacial score (nSPS) is 49.2. The molecule has 0 aliphatic heterocycles. The van der Waals surface area contributed by atoms with Crippen molar-refractivity contribution in [1.82, 2.24) is 0 Å². The number of hydrogen-bond donors (Lipinski definition) is 0. The molecule has 4 atom stereocenters. The van der Waals surface area contributed by atoms with Gasteiger partial charge in [0.25, 0.3) is 0 Å². The third-order valence-electron chi connectivity index (χ3n) is 2.87. The zero-order chi connectivity index (χ0) is 7.72. The number of rotatable bonds is 0. The van der Waals surface area contributed by atoms with Crippen molar-refractivity contribution in [2.75, 3.05) is 0 Å². The van der Waals surface area contributed by atoms with Crippen molar-refractivity contribution in [1.29, 1.82) is 0 Å². The summed E-state index contributed by atoms with van der Waals surface area (Å²) in [6.07, 6.45) is 2.88. The van der Waals surface area contributed by atoms with Crippen LogP contribution >= 0.6 is 22.6 Å². The average molecular weight is 252 g/mol. The SMILES string of the molecule is C[C@H]1CC(I)[C@H](C)[C@H](C)C1. The highest BCUT2D eigenvalue weighted by Crippen LogP contribution is 2.37. The maximum Gasteiger partial charge on any atom is 0.0140 e. The highest BCUT2D eigenvalue weighted by Gasteiger charge is 2.28. The Morgan fingerprint density at radius 1 is 1.10 bits per heavy atom. The quantitative estimate of drug-likeness (QED) is 0.457. The minimum absolute atomic E-state index is 0.927. The molecule has 0 aromatic carbocycles. The Bertz CT molecular complexity index is 99.3. The lowest BCUT2D eigenvalue weighted by Crippen LogP contribution is -2.28. The first-order valence-electron chi connectivity index (χ1n) is 4.25. The molecule has 0 aromatic heterocycles. The fourth-order valence-corrected chi connectivity index (χ4v) is 3.48. The second kappa shape index (κ2) is 3.42. The first-order valence-corrected chi connectivity index (χ1v) is 5.50. The summed E-state index contributed by atoms with van der Waals surface area (Å²) in [4.78, 5) is 0. The monoisotopic (exact) mass is 252 g/mol. The Morgan fingerprint density at radius 2 is 1.70 bits per heavy atom. The molecule has 0 saturated heterocycles. The summed E-state index contributed by atoms with van der Waals surface area (Å²) in [5.74, 6) is 2.86. The van der Waals surface area contributed by atoms with Gasteiger partial charge in [-0.15, -0.1) is 0 Å². The molecule has 0 spiro atoms. The van der Waals surface area contributed by atoms with Gasteiger partial charge >= 0.3 is 0 Å². The second-order valence-corrected chi connectivity index (χ2v) is 5.53. The molecule has 0 nitrogen and oxygen atoms in total. The van der Waals surface area contributed by atoms with Crippen LogP contribution < -0.4 is 0 Å². The molecule has 0 radical (unpaired) electrons. The Hall–Kier alpha value is 0.730. The standard InChI is InChI=1S/C9H17I/c1-6-4-7(2)8(3)9(10)5-6/h6-9H,4-5H2,1-3H3/t6-,7-,8-,9?/m1/s1. The van der Waals surface area contributed by atoms with Crippen LogP contribution in [-0.2, 0) is 0 Å². The van der Waals surface area contributed by atoms with E-state index in [-0.39, 0.29) is 0 Å². The topological polar surface area (TPSA) is 0 Å². The third-order valence-corrected chi connectivity index (χ3v) is 4.51. The predicted octanol–water partition coefficient (Wildman–Crippen LogP) is 3.49. The molecule has 0 amide bonds. The summed E-state index contributed by atoms with van der Waals surface area (Å²) < 4.78 is 0.927. The molecular weight excluding hydrogens is 235 g/mol. The number of alkyl halides is 1. The first-order chi connectivity index (χ1) is 4.61. The van der Waals surface area contributed by atoms with Crippen molar-refractivity contribution in [2.24, 2.45) is 17.8 Å². The molecule has 1 saturated carbocycles. The van der Waals surface area contributed by atoms with Gasteiger partial charge in [0.15, 0.2) is 0 Å². The highest BCUT2D eigenvalue weighted by molar-refractivity contribution is 14.1. The van der Waals surface area contributed by atoms with Crippen LogP contribution in [0.5, 0.6) is 0 Å². The molecule has 1 unspecified atom stereocenters. The van der Waals surface area contributed by atoms with Gasteiger partial charge in [-0.25, -0.2) is 0 Å². The van der Waals surface area contributed by atoms with E-state index in [0.29, 0.717) is 0 Å². The second-order valence-electron chi connectivity index (χ2n) is 3.93. The Morgan fingerprint density at radius 3 is 2.20 bits per heavy atom. The lowest BCUT2D eigenvalue weighted by Gasteiger charge is -2.34. The van der Waals surface area contributed by atoms with Crippen molar-refractivity contribution >= 4 is 22.6 Å². The Kier molecular flexibility index (Phi) is 3.02. The minimum Gasteiger partial charge on any atom is -0.0823 e. The van der Waals surface area contributed by atoms with Crippen LogP contribution in [0.4, 0.5) is 0 Å². The average Bonchev–Trinajstić information content (AvgIpc) is 1.82. The summed E-state index contributed by atoms with van der Waals surface area (Å²) in [7, 11) is 0. The van der Waals surface area contributed by atoms with E-state index < -0.39 is 0 Å². The van der Waals surface area contributed by atoms with Crippen LogP contribution in [0.15, 0.2) is 0 Å². The fraction of sp³-hybridized carbons (Fsp3) is 1.00. The van der Waals surface area contributed by atoms with Gasteiger partial charge in [-0.2, -0.15) is 0 Å². The van der Waals surface area contributed by atoms with Crippen LogP contribution in [-0.4, -0.2) is 3.92 Å². The van der Waals surface area contributed by atoms with E-state index in [2.05, 4.69) is 43.4 Å². The van der Waals surface area contributed by atoms with E-state index >= 15 is 0 Å². The van der Waals surface area contributed by atoms with E-state index in [1.807, 2.05) is 0 Å². The van der Waals surface area contributed by atoms with Crippen molar-refractivity contribution in [3.05, 3.63) is 0 Å². The fourth-order valence-electron chi connectivity index (χ4n) is 1.90. The number of hydrogen-bond acceptors (Lipinski definition) is 0. The maximum atomic E-state index is 2.61. The Labute approximate surface area is 77.9 Å². The van der Waals surface area contributed by atoms with Crippen LogP contribution in [0.3, 0.4) is 0 Å². The number of halogens is 1. The molecule has 1 heteroatoms. The summed E-state index contributed by atoms with van der Waals surface area (Å²) >= 11 is 2.61. The van der Waals surface area contributed by atoms with Crippen molar-refractivity contribution in [2.45, 2.75) is 37.5 Å². The zero-order valence-electron chi connectivity index (χ0n) is 7.10. The van der Waals surface area contributed by atoms with Crippen molar-refractivity contribution < 1.29 is 0 Å². The molecule has 1 aliphatic rings. The molecule has 10 heavy (non-hydrogen) atoms. The van der Waals surface area contributed by atoms with Crippen molar-refractivity contribution in [3.8, 4) is 0 Å². The van der Waals surface area contributed by atoms with Gasteiger partial charge in [0.1, 0.15) is 0 Å². The largest absolute Gasteiger partial charge is 0.0823 e. The van der Waals surface area contributed by atoms with Gasteiger partial charge in [-0.1, -0.05) is 43.4 Å². The van der Waals surface area contributed by atoms with Gasteiger partial charge < -0.3 is 0 Å². The molecule has 1 fully saturated rings. The van der Waals surface area contributed by atoms with Gasteiger partial charge in [0.05, 0.1) is 0 Å². The van der Waals surface area contributed by atoms with E-state index in [1.165, 1.54) is 12.8 Å². The third kappa shape index (κ3) is 1.86. The lowest BCUT2D eigenvalue weighted by molar-refractivity contribution is 0.236. The van der Waals surface area contributed by atoms with Crippen LogP contribution in [0.1, 0.15) is 33.6 Å². The molecule has 0 bridgehead atoms. The molecule has 0 aromatic rings. The lowest BCUT2D eigenvalue weighted by atomic mass is 9.77. The molecule has 60 valence electrons. The van der Waals surface area contributed by atoms with Gasteiger partial charge in [-0.3, -0.25) is 0 Å². The zero-order valence-corrected chi connectivity index (χ0v) is 9.26. The smallest absolute Gasteiger partial charge is 0.0140 e. The van der Waals surface area contributed by atoms with Crippen LogP contribution in [0, 0.1) is 17.8 Å². The van der Waals surface area contributed by atoms with Gasteiger partial charge in [-0.05, 0) is 30.6 Å². The molecule has 0 heterocycles. The van der Waals surface area contributed by atoms with Crippen molar-refractivity contribution in [3.63, 3.8) is 0 Å². The summed E-state index contributed by atoms with van der Waals surface area (Å²) in [5, 5.41) is 0. The van der Waals surface area contributed by atoms with Crippen LogP contribution in [0.2, 0.25) is 0 Å². The molecule has 1 rings (SSSR count). The van der Waals surface area contributed by atoms with E-state index in [4.69, 9.17) is 0 Å². The summed E-state index contributed by atoms with van der Waals surface area (Å²) in [6.45, 7) is 7.17. The highest BCUT2D eigenvalue weighted by atomic mass is 127. The van der Waals surface area contributed by atoms with Gasteiger partial charge in [0.2, 0.25) is 0 Å². The molecule has 0 N–H and O–H groups in total. The summed E-state index contributed by atoms with van der Waals surface area (Å²) in [5.41, 5.74) is 0. The molecule has 1 aliphatic carbocycles. The van der Waals surface area contributed by atoms with E-state index in [1.54, 1.807) is 0 Å². The van der Waals surface area contributed by atoms with Crippen LogP contribution in [0.25, 0.3) is 0 Å². The van der Waals surface area contributed by atoms with E-state index in [9.17, 15) is 0 Å². The Balaban J connectivity index is 2.49. The first kappa shape index (κ1) is 8.82. The summed E-state index contributed by atoms with van der Waals surface area (Å²) in [6, 6.07) is 0. The van der Waals surface area contributed by atoms with E-state index in [0.717, 1.165) is 21.7 Å². The molecular formula is C9H17I. The minimum atomic E-state index is 0.927. The maximum absolute atomic E-state index is 2.61. The predicted molar refractivity (Wildman–Crippen MR) is 54.5 cm³/mol.